The number of aryl methyl sites for hydroxylation is 1. The summed E-state index contributed by atoms with van der Waals surface area (Å²) in [5.41, 5.74) is 4.60. The van der Waals surface area contributed by atoms with Gasteiger partial charge < -0.3 is 15.1 Å². The van der Waals surface area contributed by atoms with Crippen LogP contribution in [-0.2, 0) is 6.42 Å². The molecule has 1 N–H and O–H groups in total. The van der Waals surface area contributed by atoms with Gasteiger partial charge in [0.05, 0.1) is 12.2 Å². The van der Waals surface area contributed by atoms with E-state index in [0.717, 1.165) is 43.6 Å². The predicted octanol–water partition coefficient (Wildman–Crippen LogP) is 3.05. The van der Waals surface area contributed by atoms with Crippen LogP contribution >= 0.6 is 0 Å². The zero-order chi connectivity index (χ0) is 17.4. The molecule has 0 unspecified atom stereocenters. The van der Waals surface area contributed by atoms with Gasteiger partial charge in [-0.2, -0.15) is 5.10 Å². The number of hydrogen-bond acceptors (Lipinski definition) is 3. The summed E-state index contributed by atoms with van der Waals surface area (Å²) in [5.74, 6) is 0. The summed E-state index contributed by atoms with van der Waals surface area (Å²) in [6.07, 6.45) is 7.08. The third-order valence-corrected chi connectivity index (χ3v) is 5.25. The Morgan fingerprint density at radius 1 is 1.32 bits per heavy atom. The standard InChI is InChI=1S/C19H25N5O/c1-14-11-20-24(12-14)17-4-3-8-23(13-17)19(25)21-16-6-5-15-7-9-22(2)18(15)10-16/h5-6,10-12,17H,3-4,7-9,13H2,1-2H3,(H,21,25)/t17-/m0/s1. The smallest absolute Gasteiger partial charge is 0.321 e. The van der Waals surface area contributed by atoms with Crippen LogP contribution in [0.1, 0.15) is 30.0 Å². The van der Waals surface area contributed by atoms with Crippen molar-refractivity contribution in [3.63, 3.8) is 0 Å². The number of likely N-dealkylation sites (N-methyl/N-ethyl adjacent to an activating group) is 1. The van der Waals surface area contributed by atoms with Gasteiger partial charge in [0.25, 0.3) is 0 Å². The molecule has 6 nitrogen and oxygen atoms in total. The van der Waals surface area contributed by atoms with Gasteiger partial charge in [-0.3, -0.25) is 4.68 Å². The van der Waals surface area contributed by atoms with Crippen LogP contribution in [0.15, 0.2) is 30.6 Å². The first-order valence-corrected chi connectivity index (χ1v) is 9.01. The zero-order valence-electron chi connectivity index (χ0n) is 14.9. The molecule has 1 fully saturated rings. The molecular formula is C19H25N5O. The summed E-state index contributed by atoms with van der Waals surface area (Å²) in [5, 5.41) is 7.49. The molecular weight excluding hydrogens is 314 g/mol. The summed E-state index contributed by atoms with van der Waals surface area (Å²) in [6.45, 7) is 4.59. The molecule has 0 saturated carbocycles. The Hall–Kier alpha value is -2.50. The normalized spacial score (nSPS) is 19.8. The molecule has 2 amide bonds. The zero-order valence-corrected chi connectivity index (χ0v) is 14.9. The first kappa shape index (κ1) is 16.0. The molecule has 2 aliphatic heterocycles. The SMILES string of the molecule is Cc1cnn([C@H]2CCCN(C(=O)Nc3ccc4c(c3)N(C)CC4)C2)c1. The lowest BCUT2D eigenvalue weighted by Crippen LogP contribution is -2.43. The van der Waals surface area contributed by atoms with E-state index in [9.17, 15) is 4.79 Å². The predicted molar refractivity (Wildman–Crippen MR) is 99.2 cm³/mol. The van der Waals surface area contributed by atoms with Crippen LogP contribution in [-0.4, -0.2) is 47.4 Å². The number of aromatic nitrogens is 2. The lowest BCUT2D eigenvalue weighted by Gasteiger charge is -2.33. The maximum absolute atomic E-state index is 12.7. The molecule has 0 aliphatic carbocycles. The van der Waals surface area contributed by atoms with Gasteiger partial charge in [-0.05, 0) is 49.4 Å². The maximum atomic E-state index is 12.7. The van der Waals surface area contributed by atoms with Crippen molar-refractivity contribution in [1.29, 1.82) is 0 Å². The van der Waals surface area contributed by atoms with Gasteiger partial charge in [0, 0.05) is 44.3 Å². The number of hydrogen-bond donors (Lipinski definition) is 1. The summed E-state index contributed by atoms with van der Waals surface area (Å²) in [4.78, 5) is 16.8. The Morgan fingerprint density at radius 2 is 2.20 bits per heavy atom. The molecule has 1 saturated heterocycles. The number of anilines is 2. The van der Waals surface area contributed by atoms with Gasteiger partial charge in [-0.1, -0.05) is 6.07 Å². The monoisotopic (exact) mass is 339 g/mol. The number of rotatable bonds is 2. The molecule has 0 radical (unpaired) electrons. The van der Waals surface area contributed by atoms with Gasteiger partial charge in [-0.25, -0.2) is 4.79 Å². The van der Waals surface area contributed by atoms with Crippen LogP contribution in [0.4, 0.5) is 16.2 Å². The molecule has 2 aliphatic rings. The van der Waals surface area contributed by atoms with Crippen molar-refractivity contribution in [3.05, 3.63) is 41.7 Å². The van der Waals surface area contributed by atoms with Gasteiger partial charge in [0.2, 0.25) is 0 Å². The fraction of sp³-hybridized carbons (Fsp3) is 0.474. The van der Waals surface area contributed by atoms with E-state index in [-0.39, 0.29) is 12.1 Å². The number of piperidine rings is 1. The quantitative estimate of drug-likeness (QED) is 0.915. The van der Waals surface area contributed by atoms with Crippen molar-refractivity contribution < 1.29 is 4.79 Å². The Morgan fingerprint density at radius 3 is 3.00 bits per heavy atom. The summed E-state index contributed by atoms with van der Waals surface area (Å²) in [6, 6.07) is 6.46. The number of nitrogens with zero attached hydrogens (tertiary/aromatic N) is 4. The Labute approximate surface area is 148 Å². The molecule has 132 valence electrons. The number of carbonyl (C=O) groups is 1. The van der Waals surface area contributed by atoms with Crippen molar-refractivity contribution in [2.24, 2.45) is 0 Å². The highest BCUT2D eigenvalue weighted by Gasteiger charge is 2.25. The maximum Gasteiger partial charge on any atom is 0.321 e. The van der Waals surface area contributed by atoms with Crippen molar-refractivity contribution in [3.8, 4) is 0 Å². The molecule has 3 heterocycles. The van der Waals surface area contributed by atoms with Gasteiger partial charge in [-0.15, -0.1) is 0 Å². The fourth-order valence-electron chi connectivity index (χ4n) is 3.81. The average Bonchev–Trinajstić information content (AvgIpc) is 3.21. The van der Waals surface area contributed by atoms with E-state index in [0.29, 0.717) is 6.54 Å². The van der Waals surface area contributed by atoms with E-state index in [4.69, 9.17) is 0 Å². The third-order valence-electron chi connectivity index (χ3n) is 5.25. The average molecular weight is 339 g/mol. The van der Waals surface area contributed by atoms with Crippen LogP contribution in [0, 0.1) is 6.92 Å². The van der Waals surface area contributed by atoms with Crippen molar-refractivity contribution >= 4 is 17.4 Å². The van der Waals surface area contributed by atoms with Crippen LogP contribution in [0.5, 0.6) is 0 Å². The highest BCUT2D eigenvalue weighted by molar-refractivity contribution is 5.90. The lowest BCUT2D eigenvalue weighted by molar-refractivity contribution is 0.175. The van der Waals surface area contributed by atoms with E-state index in [1.54, 1.807) is 0 Å². The first-order chi connectivity index (χ1) is 12.1. The Balaban J connectivity index is 1.43. The van der Waals surface area contributed by atoms with Crippen LogP contribution < -0.4 is 10.2 Å². The van der Waals surface area contributed by atoms with Crippen molar-refractivity contribution in [1.82, 2.24) is 14.7 Å². The van der Waals surface area contributed by atoms with Gasteiger partial charge in [0.15, 0.2) is 0 Å². The summed E-state index contributed by atoms with van der Waals surface area (Å²) in [7, 11) is 2.10. The van der Waals surface area contributed by atoms with E-state index < -0.39 is 0 Å². The van der Waals surface area contributed by atoms with E-state index >= 15 is 0 Å². The van der Waals surface area contributed by atoms with Crippen LogP contribution in [0.3, 0.4) is 0 Å². The number of nitrogens with one attached hydrogen (secondary N) is 1. The third kappa shape index (κ3) is 3.21. The minimum absolute atomic E-state index is 0.0193. The fourth-order valence-corrected chi connectivity index (χ4v) is 3.81. The second kappa shape index (κ2) is 6.43. The van der Waals surface area contributed by atoms with Crippen LogP contribution in [0.2, 0.25) is 0 Å². The number of carbonyl (C=O) groups excluding carboxylic acids is 1. The Kier molecular flexibility index (Phi) is 4.11. The number of benzene rings is 1. The second-order valence-corrected chi connectivity index (χ2v) is 7.18. The van der Waals surface area contributed by atoms with Gasteiger partial charge in [0.1, 0.15) is 0 Å². The van der Waals surface area contributed by atoms with Crippen molar-refractivity contribution in [2.45, 2.75) is 32.2 Å². The molecule has 0 bridgehead atoms. The topological polar surface area (TPSA) is 53.4 Å². The van der Waals surface area contributed by atoms with E-state index in [2.05, 4.69) is 40.7 Å². The minimum Gasteiger partial charge on any atom is -0.374 e. The van der Waals surface area contributed by atoms with Crippen LogP contribution in [0.25, 0.3) is 0 Å². The minimum atomic E-state index is -0.0193. The first-order valence-electron chi connectivity index (χ1n) is 9.01. The highest BCUT2D eigenvalue weighted by atomic mass is 16.2. The molecule has 1 atom stereocenters. The molecule has 1 aromatic heterocycles. The lowest BCUT2D eigenvalue weighted by atomic mass is 10.1. The number of amides is 2. The number of fused-ring (bicyclic) bond motifs is 1. The summed E-state index contributed by atoms with van der Waals surface area (Å²) < 4.78 is 2.00. The van der Waals surface area contributed by atoms with Gasteiger partial charge >= 0.3 is 6.03 Å². The molecule has 4 rings (SSSR count). The molecule has 0 spiro atoms. The molecule has 1 aromatic carbocycles. The molecule has 2 aromatic rings. The van der Waals surface area contributed by atoms with E-state index in [1.807, 2.05) is 28.8 Å². The molecule has 25 heavy (non-hydrogen) atoms. The summed E-state index contributed by atoms with van der Waals surface area (Å²) >= 11 is 0. The molecule has 6 heteroatoms. The van der Waals surface area contributed by atoms with E-state index in [1.165, 1.54) is 11.3 Å². The largest absolute Gasteiger partial charge is 0.374 e. The number of likely N-dealkylation sites (tertiary alicyclic amines) is 1. The highest BCUT2D eigenvalue weighted by Crippen LogP contribution is 2.30. The Bertz CT molecular complexity index is 784. The second-order valence-electron chi connectivity index (χ2n) is 7.18. The number of urea groups is 1. The van der Waals surface area contributed by atoms with Crippen molar-refractivity contribution in [2.75, 3.05) is 36.9 Å².